The van der Waals surface area contributed by atoms with Gasteiger partial charge in [-0.05, 0) is 51.3 Å². The Balaban J connectivity index is 0.00000225. The van der Waals surface area contributed by atoms with E-state index in [4.69, 9.17) is 0 Å². The van der Waals surface area contributed by atoms with Gasteiger partial charge in [0, 0.05) is 24.7 Å². The molecule has 2 aliphatic heterocycles. The number of nitrogens with one attached hydrogen (secondary N) is 1. The Morgan fingerprint density at radius 3 is 2.61 bits per heavy atom. The number of rotatable bonds is 4. The van der Waals surface area contributed by atoms with Crippen LogP contribution in [0.4, 0.5) is 4.39 Å². The summed E-state index contributed by atoms with van der Waals surface area (Å²) in [5, 5.41) is 7.21. The second-order valence-corrected chi connectivity index (χ2v) is 7.73. The summed E-state index contributed by atoms with van der Waals surface area (Å²) in [7, 11) is 2.14. The second-order valence-electron chi connectivity index (χ2n) is 7.73. The lowest BCUT2D eigenvalue weighted by Gasteiger charge is -2.36. The summed E-state index contributed by atoms with van der Waals surface area (Å²) in [5.74, 6) is -1.11. The molecule has 8 heteroatoms. The molecule has 0 aliphatic carbocycles. The largest absolute Gasteiger partial charge is 0.348 e. The molecule has 2 saturated heterocycles. The van der Waals surface area contributed by atoms with Crippen LogP contribution in [-0.2, 0) is 6.54 Å². The number of fused-ring (bicyclic) bond motifs is 3. The molecule has 2 aromatic rings. The Bertz CT molecular complexity index is 934. The molecule has 2 unspecified atom stereocenters. The van der Waals surface area contributed by atoms with E-state index < -0.39 is 17.2 Å². The lowest BCUT2D eigenvalue weighted by atomic mass is 9.98. The Morgan fingerprint density at radius 2 is 1.96 bits per heavy atom. The highest BCUT2D eigenvalue weighted by molar-refractivity contribution is 5.95. The number of piperidine rings is 1. The number of hydrogen-bond acceptors (Lipinski definition) is 4. The van der Waals surface area contributed by atoms with Crippen LogP contribution in [0.2, 0.25) is 0 Å². The molecule has 0 spiro atoms. The average Bonchev–Trinajstić information content (AvgIpc) is 2.85. The molecule has 28 heavy (non-hydrogen) atoms. The number of aryl methyl sites for hydroxylation is 1. The minimum Gasteiger partial charge on any atom is -0.348 e. The van der Waals surface area contributed by atoms with Crippen LogP contribution >= 0.6 is 12.4 Å². The first-order chi connectivity index (χ1) is 13.0. The van der Waals surface area contributed by atoms with Crippen molar-refractivity contribution < 1.29 is 9.18 Å². The van der Waals surface area contributed by atoms with Crippen LogP contribution in [0, 0.1) is 5.82 Å². The molecule has 0 saturated carbocycles. The number of aromatic nitrogens is 2. The van der Waals surface area contributed by atoms with E-state index in [0.29, 0.717) is 24.1 Å². The lowest BCUT2D eigenvalue weighted by molar-refractivity contribution is 0.0874. The molecule has 2 fully saturated rings. The third-order valence-corrected chi connectivity index (χ3v) is 6.02. The van der Waals surface area contributed by atoms with Gasteiger partial charge in [0.15, 0.2) is 5.69 Å². The molecule has 4 rings (SSSR count). The molecule has 2 aliphatic rings. The van der Waals surface area contributed by atoms with E-state index in [1.54, 1.807) is 16.8 Å². The number of halogens is 2. The third-order valence-electron chi connectivity index (χ3n) is 6.02. The molecule has 3 heterocycles. The van der Waals surface area contributed by atoms with Crippen molar-refractivity contribution in [2.24, 2.45) is 0 Å². The lowest BCUT2D eigenvalue weighted by Crippen LogP contribution is -2.49. The van der Waals surface area contributed by atoms with Gasteiger partial charge in [-0.1, -0.05) is 13.0 Å². The zero-order chi connectivity index (χ0) is 19.1. The highest BCUT2D eigenvalue weighted by Crippen LogP contribution is 2.34. The predicted molar refractivity (Wildman–Crippen MR) is 109 cm³/mol. The molecule has 6 nitrogen and oxygen atoms in total. The first-order valence-electron chi connectivity index (χ1n) is 9.71. The summed E-state index contributed by atoms with van der Waals surface area (Å²) < 4.78 is 15.9. The van der Waals surface area contributed by atoms with Crippen molar-refractivity contribution >= 4 is 29.2 Å². The van der Waals surface area contributed by atoms with Gasteiger partial charge in [-0.25, -0.2) is 4.39 Å². The monoisotopic (exact) mass is 408 g/mol. The van der Waals surface area contributed by atoms with Crippen molar-refractivity contribution in [2.75, 3.05) is 7.05 Å². The highest BCUT2D eigenvalue weighted by atomic mass is 35.5. The zero-order valence-electron chi connectivity index (χ0n) is 16.2. The average molecular weight is 409 g/mol. The molecule has 152 valence electrons. The van der Waals surface area contributed by atoms with Gasteiger partial charge in [-0.15, -0.1) is 12.4 Å². The summed E-state index contributed by atoms with van der Waals surface area (Å²) in [6.07, 6.45) is 4.82. The zero-order valence-corrected chi connectivity index (χ0v) is 17.0. The Labute approximate surface area is 169 Å². The molecular formula is C20H26ClFN4O2. The summed E-state index contributed by atoms with van der Waals surface area (Å²) in [6.45, 7) is 2.48. The first-order valence-corrected chi connectivity index (χ1v) is 9.71. The summed E-state index contributed by atoms with van der Waals surface area (Å²) in [4.78, 5) is 28.0. The standard InChI is InChI=1S/C20H25FN4O2.ClH/c1-3-9-25-16-6-4-5-15(21)17(16)19(26)18(23-25)20(27)22-12-10-13-7-8-14(11-12)24(13)2;/h4-6,12-14H,3,7-11H2,1-2H3,(H,22,27);1H. The fraction of sp³-hybridized carbons (Fsp3) is 0.550. The Morgan fingerprint density at radius 1 is 1.29 bits per heavy atom. The van der Waals surface area contributed by atoms with Gasteiger partial charge in [-0.2, -0.15) is 5.10 Å². The van der Waals surface area contributed by atoms with Crippen molar-refractivity contribution in [3.05, 3.63) is 39.9 Å². The maximum Gasteiger partial charge on any atom is 0.276 e. The maximum atomic E-state index is 14.3. The van der Waals surface area contributed by atoms with E-state index in [1.165, 1.54) is 6.07 Å². The van der Waals surface area contributed by atoms with Crippen molar-refractivity contribution in [3.63, 3.8) is 0 Å². The van der Waals surface area contributed by atoms with Crippen LogP contribution in [0.25, 0.3) is 10.9 Å². The minimum atomic E-state index is -0.635. The summed E-state index contributed by atoms with van der Waals surface area (Å²) in [6, 6.07) is 5.46. The van der Waals surface area contributed by atoms with E-state index in [0.717, 1.165) is 32.1 Å². The molecule has 2 atom stereocenters. The predicted octanol–water partition coefficient (Wildman–Crippen LogP) is 2.72. The van der Waals surface area contributed by atoms with E-state index in [1.807, 2.05) is 6.92 Å². The van der Waals surface area contributed by atoms with Crippen molar-refractivity contribution in [1.82, 2.24) is 20.0 Å². The summed E-state index contributed by atoms with van der Waals surface area (Å²) >= 11 is 0. The summed E-state index contributed by atoms with van der Waals surface area (Å²) in [5.41, 5.74) is -0.424. The minimum absolute atomic E-state index is 0. The molecule has 1 aromatic carbocycles. The van der Waals surface area contributed by atoms with Gasteiger partial charge in [0.05, 0.1) is 10.9 Å². The number of carbonyl (C=O) groups excluding carboxylic acids is 1. The molecule has 1 amide bonds. The normalized spacial score (nSPS) is 24.2. The van der Waals surface area contributed by atoms with Crippen LogP contribution in [0.1, 0.15) is 49.5 Å². The van der Waals surface area contributed by atoms with E-state index in [-0.39, 0.29) is 29.5 Å². The van der Waals surface area contributed by atoms with Gasteiger partial charge in [0.25, 0.3) is 5.91 Å². The highest BCUT2D eigenvalue weighted by Gasteiger charge is 2.39. The maximum absolute atomic E-state index is 14.3. The number of amides is 1. The van der Waals surface area contributed by atoms with Crippen LogP contribution in [0.15, 0.2) is 23.0 Å². The molecule has 0 radical (unpaired) electrons. The third kappa shape index (κ3) is 3.53. The van der Waals surface area contributed by atoms with Gasteiger partial charge in [0.1, 0.15) is 5.82 Å². The van der Waals surface area contributed by atoms with Crippen molar-refractivity contribution in [3.8, 4) is 0 Å². The number of hydrogen-bond donors (Lipinski definition) is 1. The molecular weight excluding hydrogens is 383 g/mol. The molecule has 1 N–H and O–H groups in total. The van der Waals surface area contributed by atoms with Crippen LogP contribution < -0.4 is 10.7 Å². The van der Waals surface area contributed by atoms with Crippen LogP contribution in [-0.4, -0.2) is 45.8 Å². The SMILES string of the molecule is CCCn1nc(C(=O)NC2CC3CCC(C2)N3C)c(=O)c2c(F)cccc21.Cl. The fourth-order valence-electron chi connectivity index (χ4n) is 4.60. The van der Waals surface area contributed by atoms with Gasteiger partial charge in [0.2, 0.25) is 5.43 Å². The van der Waals surface area contributed by atoms with Crippen LogP contribution in [0.5, 0.6) is 0 Å². The van der Waals surface area contributed by atoms with Gasteiger partial charge < -0.3 is 10.2 Å². The first kappa shape index (κ1) is 20.7. The van der Waals surface area contributed by atoms with Crippen molar-refractivity contribution in [1.29, 1.82) is 0 Å². The molecule has 1 aromatic heterocycles. The second kappa shape index (κ2) is 8.17. The van der Waals surface area contributed by atoms with Crippen LogP contribution in [0.3, 0.4) is 0 Å². The quantitative estimate of drug-likeness (QED) is 0.844. The van der Waals surface area contributed by atoms with E-state index in [9.17, 15) is 14.0 Å². The van der Waals surface area contributed by atoms with Crippen molar-refractivity contribution in [2.45, 2.75) is 63.7 Å². The Kier molecular flexibility index (Phi) is 6.05. The fourth-order valence-corrected chi connectivity index (χ4v) is 4.60. The Hall–Kier alpha value is -1.99. The molecule has 2 bridgehead atoms. The van der Waals surface area contributed by atoms with E-state index >= 15 is 0 Å². The number of nitrogens with zero attached hydrogens (tertiary/aromatic N) is 3. The number of benzene rings is 1. The topological polar surface area (TPSA) is 67.2 Å². The van der Waals surface area contributed by atoms with Gasteiger partial charge >= 0.3 is 0 Å². The van der Waals surface area contributed by atoms with E-state index in [2.05, 4.69) is 22.4 Å². The van der Waals surface area contributed by atoms with Gasteiger partial charge in [-0.3, -0.25) is 14.3 Å². The smallest absolute Gasteiger partial charge is 0.276 e. The number of carbonyl (C=O) groups is 1.